The molecule has 0 aromatic heterocycles. The second-order valence-electron chi connectivity index (χ2n) is 4.53. The first-order valence-corrected chi connectivity index (χ1v) is 6.23. The van der Waals surface area contributed by atoms with Gasteiger partial charge in [0.2, 0.25) is 0 Å². The number of hydrogen-bond donors (Lipinski definition) is 1. The summed E-state index contributed by atoms with van der Waals surface area (Å²) < 4.78 is 15.5. The highest BCUT2D eigenvalue weighted by atomic mass is 16.6. The van der Waals surface area contributed by atoms with Crippen molar-refractivity contribution in [2.45, 2.75) is 13.8 Å². The van der Waals surface area contributed by atoms with Crippen molar-refractivity contribution in [1.82, 2.24) is 0 Å². The van der Waals surface area contributed by atoms with Crippen LogP contribution in [0.25, 0.3) is 0 Å². The highest BCUT2D eigenvalue weighted by molar-refractivity contribution is 5.94. The van der Waals surface area contributed by atoms with Gasteiger partial charge in [0.15, 0.2) is 5.75 Å². The van der Waals surface area contributed by atoms with Gasteiger partial charge in [-0.15, -0.1) is 0 Å². The molecule has 1 rings (SSSR count). The molecule has 1 aromatic rings. The molecule has 0 spiro atoms. The summed E-state index contributed by atoms with van der Waals surface area (Å²) in [7, 11) is 1.47. The highest BCUT2D eigenvalue weighted by Gasteiger charge is 2.15. The van der Waals surface area contributed by atoms with Gasteiger partial charge in [0.1, 0.15) is 12.2 Å². The van der Waals surface area contributed by atoms with Gasteiger partial charge in [-0.25, -0.2) is 4.79 Å². The van der Waals surface area contributed by atoms with E-state index >= 15 is 0 Å². The van der Waals surface area contributed by atoms with Crippen LogP contribution in [0, 0.1) is 5.92 Å². The van der Waals surface area contributed by atoms with Crippen LogP contribution in [0.5, 0.6) is 5.75 Å². The molecular weight excluding hydrogens is 246 g/mol. The zero-order chi connectivity index (χ0) is 14.3. The van der Waals surface area contributed by atoms with Crippen LogP contribution in [0.1, 0.15) is 24.2 Å². The molecule has 0 amide bonds. The van der Waals surface area contributed by atoms with E-state index in [9.17, 15) is 4.79 Å². The van der Waals surface area contributed by atoms with Gasteiger partial charge in [0, 0.05) is 6.61 Å². The molecule has 0 unspecified atom stereocenters. The summed E-state index contributed by atoms with van der Waals surface area (Å²) in [6.07, 6.45) is 0. The molecule has 0 fully saturated rings. The maximum absolute atomic E-state index is 11.9. The van der Waals surface area contributed by atoms with E-state index in [1.165, 1.54) is 7.11 Å². The summed E-state index contributed by atoms with van der Waals surface area (Å²) in [6.45, 7) is 5.37. The van der Waals surface area contributed by atoms with E-state index in [0.717, 1.165) is 0 Å². The second-order valence-corrected chi connectivity index (χ2v) is 4.53. The monoisotopic (exact) mass is 267 g/mol. The Labute approximate surface area is 113 Å². The first kappa shape index (κ1) is 15.3. The SMILES string of the molecule is COc1c(N)cccc1C(=O)OCCOCC(C)C. The number of anilines is 1. The third kappa shape index (κ3) is 4.79. The molecule has 0 aliphatic rings. The minimum Gasteiger partial charge on any atom is -0.494 e. The first-order valence-electron chi connectivity index (χ1n) is 6.23. The van der Waals surface area contributed by atoms with E-state index in [0.29, 0.717) is 36.1 Å². The van der Waals surface area contributed by atoms with Gasteiger partial charge >= 0.3 is 5.97 Å². The maximum Gasteiger partial charge on any atom is 0.342 e. The Hall–Kier alpha value is -1.75. The Morgan fingerprint density at radius 2 is 2.05 bits per heavy atom. The number of methoxy groups -OCH3 is 1. The van der Waals surface area contributed by atoms with E-state index in [-0.39, 0.29) is 6.61 Å². The van der Waals surface area contributed by atoms with E-state index in [1.54, 1.807) is 18.2 Å². The van der Waals surface area contributed by atoms with Gasteiger partial charge in [-0.2, -0.15) is 0 Å². The highest BCUT2D eigenvalue weighted by Crippen LogP contribution is 2.26. The normalized spacial score (nSPS) is 10.5. The Balaban J connectivity index is 2.48. The number of carbonyl (C=O) groups is 1. The third-order valence-corrected chi connectivity index (χ3v) is 2.38. The van der Waals surface area contributed by atoms with Crippen LogP contribution in [0.2, 0.25) is 0 Å². The molecule has 0 saturated heterocycles. The van der Waals surface area contributed by atoms with Crippen LogP contribution in [-0.4, -0.2) is 32.9 Å². The fourth-order valence-corrected chi connectivity index (χ4v) is 1.53. The Morgan fingerprint density at radius 1 is 1.32 bits per heavy atom. The lowest BCUT2D eigenvalue weighted by Crippen LogP contribution is -2.14. The van der Waals surface area contributed by atoms with Gasteiger partial charge in [0.25, 0.3) is 0 Å². The standard InChI is InChI=1S/C14H21NO4/c1-10(2)9-18-7-8-19-14(16)11-5-4-6-12(15)13(11)17-3/h4-6,10H,7-9,15H2,1-3H3. The number of nitrogen functional groups attached to an aromatic ring is 1. The van der Waals surface area contributed by atoms with E-state index in [4.69, 9.17) is 19.9 Å². The lowest BCUT2D eigenvalue weighted by molar-refractivity contribution is 0.0275. The Bertz CT molecular complexity index is 418. The first-order chi connectivity index (χ1) is 9.06. The fourth-order valence-electron chi connectivity index (χ4n) is 1.53. The number of benzene rings is 1. The number of rotatable bonds is 7. The number of ether oxygens (including phenoxy) is 3. The van der Waals surface area contributed by atoms with Crippen molar-refractivity contribution in [3.63, 3.8) is 0 Å². The van der Waals surface area contributed by atoms with E-state index in [2.05, 4.69) is 13.8 Å². The van der Waals surface area contributed by atoms with Crippen molar-refractivity contribution in [3.8, 4) is 5.75 Å². The summed E-state index contributed by atoms with van der Waals surface area (Å²) in [5.41, 5.74) is 6.46. The van der Waals surface area contributed by atoms with Crippen molar-refractivity contribution in [2.24, 2.45) is 5.92 Å². The molecule has 0 atom stereocenters. The molecule has 0 aliphatic carbocycles. The number of carbonyl (C=O) groups excluding carboxylic acids is 1. The molecule has 5 nitrogen and oxygen atoms in total. The molecule has 0 bridgehead atoms. The van der Waals surface area contributed by atoms with Crippen LogP contribution >= 0.6 is 0 Å². The predicted molar refractivity (Wildman–Crippen MR) is 73.3 cm³/mol. The lowest BCUT2D eigenvalue weighted by atomic mass is 10.2. The number of hydrogen-bond acceptors (Lipinski definition) is 5. The largest absolute Gasteiger partial charge is 0.494 e. The van der Waals surface area contributed by atoms with Gasteiger partial charge in [0.05, 0.1) is 19.4 Å². The fraction of sp³-hybridized carbons (Fsp3) is 0.500. The molecule has 5 heteroatoms. The minimum absolute atomic E-state index is 0.212. The van der Waals surface area contributed by atoms with Gasteiger partial charge < -0.3 is 19.9 Å². The third-order valence-electron chi connectivity index (χ3n) is 2.38. The quantitative estimate of drug-likeness (QED) is 0.465. The van der Waals surface area contributed by atoms with Crippen LogP contribution in [0.3, 0.4) is 0 Å². The van der Waals surface area contributed by atoms with E-state index in [1.807, 2.05) is 0 Å². The van der Waals surface area contributed by atoms with Crippen LogP contribution in [0.15, 0.2) is 18.2 Å². The average Bonchev–Trinajstić information content (AvgIpc) is 2.37. The molecule has 0 saturated carbocycles. The smallest absolute Gasteiger partial charge is 0.342 e. The Kier molecular flexibility index (Phi) is 6.15. The van der Waals surface area contributed by atoms with Crippen molar-refractivity contribution in [2.75, 3.05) is 32.7 Å². The molecule has 0 radical (unpaired) electrons. The van der Waals surface area contributed by atoms with Crippen molar-refractivity contribution in [1.29, 1.82) is 0 Å². The summed E-state index contributed by atoms with van der Waals surface area (Å²) in [4.78, 5) is 11.9. The minimum atomic E-state index is -0.461. The number of para-hydroxylation sites is 1. The zero-order valence-electron chi connectivity index (χ0n) is 11.6. The second kappa shape index (κ2) is 7.63. The molecule has 106 valence electrons. The van der Waals surface area contributed by atoms with E-state index < -0.39 is 5.97 Å². The van der Waals surface area contributed by atoms with Gasteiger partial charge in [-0.1, -0.05) is 19.9 Å². The Morgan fingerprint density at radius 3 is 2.68 bits per heavy atom. The maximum atomic E-state index is 11.9. The van der Waals surface area contributed by atoms with Crippen LogP contribution in [-0.2, 0) is 9.47 Å². The molecule has 0 heterocycles. The summed E-state index contributed by atoms with van der Waals surface area (Å²) in [5, 5.41) is 0. The average molecular weight is 267 g/mol. The van der Waals surface area contributed by atoms with Crippen molar-refractivity contribution in [3.05, 3.63) is 23.8 Å². The zero-order valence-corrected chi connectivity index (χ0v) is 11.6. The summed E-state index contributed by atoms with van der Waals surface area (Å²) in [6, 6.07) is 4.97. The topological polar surface area (TPSA) is 70.8 Å². The summed E-state index contributed by atoms with van der Waals surface area (Å²) >= 11 is 0. The summed E-state index contributed by atoms with van der Waals surface area (Å²) in [5.74, 6) is 0.345. The molecule has 19 heavy (non-hydrogen) atoms. The number of esters is 1. The lowest BCUT2D eigenvalue weighted by Gasteiger charge is -2.11. The van der Waals surface area contributed by atoms with Crippen LogP contribution in [0.4, 0.5) is 5.69 Å². The van der Waals surface area contributed by atoms with Crippen LogP contribution < -0.4 is 10.5 Å². The predicted octanol–water partition coefficient (Wildman–Crippen LogP) is 2.11. The molecule has 0 aliphatic heterocycles. The molecule has 2 N–H and O–H groups in total. The molecule has 1 aromatic carbocycles. The van der Waals surface area contributed by atoms with Gasteiger partial charge in [-0.05, 0) is 18.1 Å². The van der Waals surface area contributed by atoms with Gasteiger partial charge in [-0.3, -0.25) is 0 Å². The van der Waals surface area contributed by atoms with Crippen molar-refractivity contribution < 1.29 is 19.0 Å². The van der Waals surface area contributed by atoms with Crippen molar-refractivity contribution >= 4 is 11.7 Å². The molecular formula is C14H21NO4. The number of nitrogens with two attached hydrogens (primary N) is 1.